The van der Waals surface area contributed by atoms with Gasteiger partial charge in [0.1, 0.15) is 5.54 Å². The second kappa shape index (κ2) is 5.83. The summed E-state index contributed by atoms with van der Waals surface area (Å²) in [5.74, 6) is 1.15. The fourth-order valence-electron chi connectivity index (χ4n) is 2.98. The minimum absolute atomic E-state index is 0.259. The third kappa shape index (κ3) is 3.96. The van der Waals surface area contributed by atoms with Crippen molar-refractivity contribution < 1.29 is 4.79 Å². The third-order valence-electron chi connectivity index (χ3n) is 3.60. The van der Waals surface area contributed by atoms with Crippen LogP contribution < -0.4 is 11.1 Å². The number of nitrogens with zero attached hydrogens (tertiary/aromatic N) is 1. The van der Waals surface area contributed by atoms with Crippen LogP contribution in [0.2, 0.25) is 0 Å². The molecule has 0 radical (unpaired) electrons. The van der Waals surface area contributed by atoms with Crippen molar-refractivity contribution in [2.45, 2.75) is 39.7 Å². The van der Waals surface area contributed by atoms with Gasteiger partial charge in [-0.2, -0.15) is 0 Å². The Morgan fingerprint density at radius 1 is 1.41 bits per heavy atom. The van der Waals surface area contributed by atoms with Crippen molar-refractivity contribution in [1.82, 2.24) is 10.2 Å². The van der Waals surface area contributed by atoms with E-state index in [2.05, 4.69) is 24.1 Å². The van der Waals surface area contributed by atoms with Crippen LogP contribution in [0.15, 0.2) is 0 Å². The average Bonchev–Trinajstić information content (AvgIpc) is 2.15. The van der Waals surface area contributed by atoms with E-state index in [0.29, 0.717) is 18.4 Å². The Kier molecular flexibility index (Phi) is 4.95. The smallest absolute Gasteiger partial charge is 0.238 e. The molecule has 1 aliphatic heterocycles. The Bertz CT molecular complexity index is 259. The summed E-state index contributed by atoms with van der Waals surface area (Å²) in [4.78, 5) is 13.9. The monoisotopic (exact) mass is 241 g/mol. The molecular formula is C13H27N3O. The maximum atomic E-state index is 11.6. The van der Waals surface area contributed by atoms with Gasteiger partial charge in [0.25, 0.3) is 0 Å². The van der Waals surface area contributed by atoms with E-state index in [1.165, 1.54) is 6.42 Å². The molecule has 0 saturated carbocycles. The molecule has 100 valence electrons. The Morgan fingerprint density at radius 2 is 1.94 bits per heavy atom. The molecule has 0 aliphatic carbocycles. The average molecular weight is 241 g/mol. The first-order valence-corrected chi connectivity index (χ1v) is 6.64. The number of primary amides is 1. The van der Waals surface area contributed by atoms with Crippen molar-refractivity contribution in [3.8, 4) is 0 Å². The molecule has 0 spiro atoms. The molecule has 4 heteroatoms. The van der Waals surface area contributed by atoms with Crippen molar-refractivity contribution >= 4 is 5.91 Å². The highest BCUT2D eigenvalue weighted by Gasteiger charge is 2.34. The van der Waals surface area contributed by atoms with E-state index in [4.69, 9.17) is 5.73 Å². The largest absolute Gasteiger partial charge is 0.368 e. The number of likely N-dealkylation sites (N-methyl/N-ethyl adjacent to an activating group) is 1. The molecule has 0 aromatic carbocycles. The van der Waals surface area contributed by atoms with Crippen LogP contribution in [0.25, 0.3) is 0 Å². The van der Waals surface area contributed by atoms with Crippen LogP contribution in [0, 0.1) is 11.8 Å². The van der Waals surface area contributed by atoms with Crippen LogP contribution in [0.5, 0.6) is 0 Å². The summed E-state index contributed by atoms with van der Waals surface area (Å²) in [6.07, 6.45) is 1.28. The number of nitrogens with two attached hydrogens (primary N) is 1. The predicted octanol–water partition coefficient (Wildman–Crippen LogP) is 0.818. The van der Waals surface area contributed by atoms with E-state index in [1.54, 1.807) is 0 Å². The van der Waals surface area contributed by atoms with Crippen molar-refractivity contribution in [2.24, 2.45) is 17.6 Å². The lowest BCUT2D eigenvalue weighted by Crippen LogP contribution is -2.60. The third-order valence-corrected chi connectivity index (χ3v) is 3.60. The second-order valence-electron chi connectivity index (χ2n) is 5.87. The number of carbonyl (C=O) groups is 1. The zero-order valence-corrected chi connectivity index (χ0v) is 11.6. The summed E-state index contributed by atoms with van der Waals surface area (Å²) < 4.78 is 0. The van der Waals surface area contributed by atoms with Gasteiger partial charge in [-0.25, -0.2) is 0 Å². The van der Waals surface area contributed by atoms with Crippen molar-refractivity contribution in [1.29, 1.82) is 0 Å². The lowest BCUT2D eigenvalue weighted by molar-refractivity contribution is -0.124. The van der Waals surface area contributed by atoms with E-state index in [1.807, 2.05) is 13.8 Å². The molecule has 3 unspecified atom stereocenters. The molecule has 1 amide bonds. The van der Waals surface area contributed by atoms with Crippen LogP contribution in [-0.4, -0.2) is 42.5 Å². The van der Waals surface area contributed by atoms with Gasteiger partial charge < -0.3 is 16.0 Å². The molecule has 0 aromatic rings. The van der Waals surface area contributed by atoms with Gasteiger partial charge in [0.05, 0.1) is 0 Å². The summed E-state index contributed by atoms with van der Waals surface area (Å²) in [6, 6.07) is 0. The quantitative estimate of drug-likeness (QED) is 0.749. The Balaban J connectivity index is 2.63. The van der Waals surface area contributed by atoms with Crippen LogP contribution in [-0.2, 0) is 4.79 Å². The number of nitrogens with one attached hydrogen (secondary N) is 1. The zero-order chi connectivity index (χ0) is 13.1. The fourth-order valence-corrected chi connectivity index (χ4v) is 2.98. The van der Waals surface area contributed by atoms with Crippen LogP contribution in [0.3, 0.4) is 0 Å². The summed E-state index contributed by atoms with van der Waals surface area (Å²) in [5.41, 5.74) is 4.91. The topological polar surface area (TPSA) is 58.4 Å². The molecular weight excluding hydrogens is 214 g/mol. The molecule has 1 saturated heterocycles. The van der Waals surface area contributed by atoms with Gasteiger partial charge in [0.2, 0.25) is 5.91 Å². The SMILES string of the molecule is CCNC(C)(CN1CC(C)CC(C)C1)C(N)=O. The molecule has 0 aromatic heterocycles. The van der Waals surface area contributed by atoms with Gasteiger partial charge in [-0.05, 0) is 31.7 Å². The maximum Gasteiger partial charge on any atom is 0.238 e. The molecule has 1 fully saturated rings. The fraction of sp³-hybridized carbons (Fsp3) is 0.923. The molecule has 3 atom stereocenters. The van der Waals surface area contributed by atoms with Crippen LogP contribution in [0.1, 0.15) is 34.1 Å². The summed E-state index contributed by atoms with van der Waals surface area (Å²) in [5, 5.41) is 3.22. The molecule has 17 heavy (non-hydrogen) atoms. The van der Waals surface area contributed by atoms with Gasteiger partial charge >= 0.3 is 0 Å². The van der Waals surface area contributed by atoms with Gasteiger partial charge in [-0.1, -0.05) is 20.8 Å². The van der Waals surface area contributed by atoms with Crippen molar-refractivity contribution in [3.05, 3.63) is 0 Å². The van der Waals surface area contributed by atoms with Gasteiger partial charge in [-0.3, -0.25) is 4.79 Å². The summed E-state index contributed by atoms with van der Waals surface area (Å²) in [7, 11) is 0. The molecule has 1 heterocycles. The molecule has 1 rings (SSSR count). The van der Waals surface area contributed by atoms with Crippen LogP contribution >= 0.6 is 0 Å². The number of hydrogen-bond acceptors (Lipinski definition) is 3. The number of piperidine rings is 1. The highest BCUT2D eigenvalue weighted by atomic mass is 16.1. The van der Waals surface area contributed by atoms with E-state index in [-0.39, 0.29) is 5.91 Å². The molecule has 3 N–H and O–H groups in total. The minimum atomic E-state index is -0.606. The second-order valence-corrected chi connectivity index (χ2v) is 5.87. The standard InChI is InChI=1S/C13H27N3O/c1-5-15-13(4,12(14)17)9-16-7-10(2)6-11(3)8-16/h10-11,15H,5-9H2,1-4H3,(H2,14,17). The number of amides is 1. The normalized spacial score (nSPS) is 29.9. The van der Waals surface area contributed by atoms with Crippen molar-refractivity contribution in [2.75, 3.05) is 26.2 Å². The lowest BCUT2D eigenvalue weighted by Gasteiger charge is -2.40. The first-order chi connectivity index (χ1) is 7.87. The van der Waals surface area contributed by atoms with Crippen molar-refractivity contribution in [3.63, 3.8) is 0 Å². The Hall–Kier alpha value is -0.610. The molecule has 4 nitrogen and oxygen atoms in total. The van der Waals surface area contributed by atoms with E-state index < -0.39 is 5.54 Å². The first kappa shape index (κ1) is 14.5. The number of rotatable bonds is 5. The highest BCUT2D eigenvalue weighted by Crippen LogP contribution is 2.22. The number of likely N-dealkylation sites (tertiary alicyclic amines) is 1. The van der Waals surface area contributed by atoms with Gasteiger partial charge in [0.15, 0.2) is 0 Å². The Morgan fingerprint density at radius 3 is 2.35 bits per heavy atom. The summed E-state index contributed by atoms with van der Waals surface area (Å²) >= 11 is 0. The van der Waals surface area contributed by atoms with E-state index in [0.717, 1.165) is 19.6 Å². The van der Waals surface area contributed by atoms with E-state index in [9.17, 15) is 4.79 Å². The van der Waals surface area contributed by atoms with Gasteiger partial charge in [-0.15, -0.1) is 0 Å². The zero-order valence-electron chi connectivity index (χ0n) is 11.6. The van der Waals surface area contributed by atoms with E-state index >= 15 is 0 Å². The maximum absolute atomic E-state index is 11.6. The first-order valence-electron chi connectivity index (χ1n) is 6.64. The predicted molar refractivity (Wildman–Crippen MR) is 70.7 cm³/mol. The van der Waals surface area contributed by atoms with Crippen LogP contribution in [0.4, 0.5) is 0 Å². The Labute approximate surface area is 105 Å². The number of carbonyl (C=O) groups excluding carboxylic acids is 1. The lowest BCUT2D eigenvalue weighted by atomic mass is 9.90. The van der Waals surface area contributed by atoms with Gasteiger partial charge in [0, 0.05) is 19.6 Å². The number of hydrogen-bond donors (Lipinski definition) is 2. The molecule has 1 aliphatic rings. The highest BCUT2D eigenvalue weighted by molar-refractivity contribution is 5.84. The summed E-state index contributed by atoms with van der Waals surface area (Å²) in [6.45, 7) is 12.1. The minimum Gasteiger partial charge on any atom is -0.368 e. The molecule has 0 bridgehead atoms.